The Morgan fingerprint density at radius 1 is 0.913 bits per heavy atom. The summed E-state index contributed by atoms with van der Waals surface area (Å²) in [6, 6.07) is 15.9. The molecule has 0 fully saturated rings. The third-order valence-corrected chi connectivity index (χ3v) is 4.31. The summed E-state index contributed by atoms with van der Waals surface area (Å²) in [6.07, 6.45) is 3.88. The lowest BCUT2D eigenvalue weighted by Crippen LogP contribution is -1.95. The second kappa shape index (κ2) is 5.55. The average Bonchev–Trinajstić information content (AvgIpc) is 3.20. The number of nitrogens with zero attached hydrogens (tertiary/aromatic N) is 4. The lowest BCUT2D eigenvalue weighted by atomic mass is 10.3. The molecule has 2 aromatic heterocycles. The number of methoxy groups -OCH3 is 1. The second-order valence-electron chi connectivity index (χ2n) is 5.05. The van der Waals surface area contributed by atoms with Crippen LogP contribution in [-0.4, -0.2) is 26.7 Å². The fraction of sp³-hybridized carbons (Fsp3) is 0.0588. The highest BCUT2D eigenvalue weighted by molar-refractivity contribution is 9.10. The first-order chi connectivity index (χ1) is 11.3. The van der Waals surface area contributed by atoms with Crippen molar-refractivity contribution in [2.75, 3.05) is 7.11 Å². The number of para-hydroxylation sites is 1. The minimum Gasteiger partial charge on any atom is -0.478 e. The van der Waals surface area contributed by atoms with Crippen LogP contribution >= 0.6 is 15.9 Å². The van der Waals surface area contributed by atoms with Crippen molar-refractivity contribution in [3.8, 4) is 17.3 Å². The number of fused-ring (bicyclic) bond motifs is 1. The molecule has 2 heterocycles. The van der Waals surface area contributed by atoms with E-state index in [0.717, 1.165) is 26.8 Å². The van der Waals surface area contributed by atoms with Crippen molar-refractivity contribution in [1.29, 1.82) is 0 Å². The van der Waals surface area contributed by atoms with E-state index in [9.17, 15) is 0 Å². The first kappa shape index (κ1) is 14.0. The van der Waals surface area contributed by atoms with E-state index in [1.54, 1.807) is 16.5 Å². The van der Waals surface area contributed by atoms with E-state index in [1.807, 2.05) is 60.9 Å². The van der Waals surface area contributed by atoms with Crippen LogP contribution in [0.2, 0.25) is 0 Å². The van der Waals surface area contributed by atoms with Crippen LogP contribution in [0.4, 0.5) is 0 Å². The Balaban J connectivity index is 1.87. The molecule has 0 saturated heterocycles. The highest BCUT2D eigenvalue weighted by Crippen LogP contribution is 2.27. The predicted molar refractivity (Wildman–Crippen MR) is 92.4 cm³/mol. The van der Waals surface area contributed by atoms with E-state index in [4.69, 9.17) is 4.74 Å². The van der Waals surface area contributed by atoms with Crippen molar-refractivity contribution in [2.45, 2.75) is 0 Å². The van der Waals surface area contributed by atoms with Crippen molar-refractivity contribution < 1.29 is 4.74 Å². The molecule has 0 bridgehead atoms. The topological polar surface area (TPSA) is 44.9 Å². The van der Waals surface area contributed by atoms with Crippen LogP contribution in [0.5, 0.6) is 5.88 Å². The van der Waals surface area contributed by atoms with Crippen LogP contribution in [0.15, 0.2) is 65.4 Å². The van der Waals surface area contributed by atoms with Gasteiger partial charge in [-0.3, -0.25) is 0 Å². The zero-order valence-corrected chi connectivity index (χ0v) is 13.9. The van der Waals surface area contributed by atoms with Gasteiger partial charge >= 0.3 is 0 Å². The Hall–Kier alpha value is -2.60. The number of hydrogen-bond donors (Lipinski definition) is 0. The maximum absolute atomic E-state index is 5.42. The Bertz CT molecular complexity index is 975. The molecule has 4 aromatic rings. The minimum atomic E-state index is 0.526. The van der Waals surface area contributed by atoms with Crippen molar-refractivity contribution in [3.63, 3.8) is 0 Å². The van der Waals surface area contributed by atoms with Gasteiger partial charge < -0.3 is 4.74 Å². The zero-order chi connectivity index (χ0) is 15.8. The monoisotopic (exact) mass is 368 g/mol. The number of halogens is 1. The van der Waals surface area contributed by atoms with Crippen molar-refractivity contribution >= 4 is 26.8 Å². The summed E-state index contributed by atoms with van der Waals surface area (Å²) < 4.78 is 10.0. The molecule has 0 spiro atoms. The summed E-state index contributed by atoms with van der Waals surface area (Å²) in [5, 5.41) is 10.1. The van der Waals surface area contributed by atoms with Crippen LogP contribution in [0, 0.1) is 0 Å². The third kappa shape index (κ3) is 2.41. The average molecular weight is 369 g/mol. The summed E-state index contributed by atoms with van der Waals surface area (Å²) in [6.45, 7) is 0. The lowest BCUT2D eigenvalue weighted by Gasteiger charge is -1.98. The zero-order valence-electron chi connectivity index (χ0n) is 12.3. The molecular weight excluding hydrogens is 356 g/mol. The maximum Gasteiger partial charge on any atom is 0.259 e. The van der Waals surface area contributed by atoms with Gasteiger partial charge in [0.2, 0.25) is 0 Å². The van der Waals surface area contributed by atoms with E-state index < -0.39 is 0 Å². The third-order valence-electron chi connectivity index (χ3n) is 3.62. The van der Waals surface area contributed by atoms with Crippen molar-refractivity contribution in [2.24, 2.45) is 0 Å². The summed E-state index contributed by atoms with van der Waals surface area (Å²) in [5.74, 6) is 0.526. The highest BCUT2D eigenvalue weighted by atomic mass is 79.9. The molecule has 114 valence electrons. The number of benzene rings is 2. The molecule has 0 radical (unpaired) electrons. The van der Waals surface area contributed by atoms with Gasteiger partial charge in [0.25, 0.3) is 5.88 Å². The lowest BCUT2D eigenvalue weighted by molar-refractivity contribution is 0.392. The molecule has 23 heavy (non-hydrogen) atoms. The molecule has 4 rings (SSSR count). The molecule has 0 amide bonds. The highest BCUT2D eigenvalue weighted by Gasteiger charge is 2.15. The molecule has 5 nitrogen and oxygen atoms in total. The Kier molecular flexibility index (Phi) is 3.38. The fourth-order valence-electron chi connectivity index (χ4n) is 2.50. The van der Waals surface area contributed by atoms with Gasteiger partial charge in [-0.2, -0.15) is 5.10 Å². The van der Waals surface area contributed by atoms with Crippen molar-refractivity contribution in [3.05, 3.63) is 65.4 Å². The number of rotatable bonds is 3. The quantitative estimate of drug-likeness (QED) is 0.549. The van der Waals surface area contributed by atoms with Crippen LogP contribution in [0.25, 0.3) is 22.3 Å². The van der Waals surface area contributed by atoms with E-state index in [1.165, 1.54) is 0 Å². The molecule has 0 saturated carbocycles. The van der Waals surface area contributed by atoms with Gasteiger partial charge in [0, 0.05) is 16.1 Å². The molecule has 2 aromatic carbocycles. The van der Waals surface area contributed by atoms with Crippen LogP contribution < -0.4 is 4.74 Å². The summed E-state index contributed by atoms with van der Waals surface area (Å²) in [5.41, 5.74) is 2.67. The van der Waals surface area contributed by atoms with Gasteiger partial charge in [-0.05, 0) is 24.3 Å². The first-order valence-corrected chi connectivity index (χ1v) is 7.89. The molecule has 0 N–H and O–H groups in total. The number of aromatic nitrogens is 4. The largest absolute Gasteiger partial charge is 0.478 e. The van der Waals surface area contributed by atoms with Gasteiger partial charge in [0.1, 0.15) is 5.69 Å². The Labute approximate surface area is 141 Å². The molecule has 0 aliphatic rings. The summed E-state index contributed by atoms with van der Waals surface area (Å²) in [4.78, 5) is 0. The van der Waals surface area contributed by atoms with Crippen LogP contribution in [-0.2, 0) is 0 Å². The first-order valence-electron chi connectivity index (χ1n) is 7.09. The Morgan fingerprint density at radius 3 is 2.48 bits per heavy atom. The van der Waals surface area contributed by atoms with Crippen molar-refractivity contribution in [1.82, 2.24) is 19.6 Å². The molecule has 6 heteroatoms. The van der Waals surface area contributed by atoms with E-state index in [0.29, 0.717) is 5.88 Å². The maximum atomic E-state index is 5.42. The fourth-order valence-corrected chi connectivity index (χ4v) is 2.95. The van der Waals surface area contributed by atoms with Gasteiger partial charge in [-0.25, -0.2) is 9.36 Å². The van der Waals surface area contributed by atoms with Gasteiger partial charge in [0.15, 0.2) is 0 Å². The normalized spacial score (nSPS) is 11.0. The molecule has 0 aliphatic carbocycles. The van der Waals surface area contributed by atoms with Gasteiger partial charge in [0.05, 0.1) is 24.5 Å². The Morgan fingerprint density at radius 2 is 1.74 bits per heavy atom. The predicted octanol–water partition coefficient (Wildman–Crippen LogP) is 3.98. The smallest absolute Gasteiger partial charge is 0.259 e. The molecule has 0 unspecified atom stereocenters. The summed E-state index contributed by atoms with van der Waals surface area (Å²) in [7, 11) is 1.61. The van der Waals surface area contributed by atoms with Crippen LogP contribution in [0.1, 0.15) is 0 Å². The SMILES string of the molecule is COc1nn(-c2ccccc2)cc1-n1cc2c(Br)cccc2n1. The minimum absolute atomic E-state index is 0.526. The van der Waals surface area contributed by atoms with Gasteiger partial charge in [-0.1, -0.05) is 40.2 Å². The van der Waals surface area contributed by atoms with E-state index in [2.05, 4.69) is 26.1 Å². The number of hydrogen-bond acceptors (Lipinski definition) is 3. The standard InChI is InChI=1S/C17H13BrN4O/c1-23-17-16(11-21(20-17)12-6-3-2-4-7-12)22-10-13-14(18)8-5-9-15(13)19-22/h2-11H,1H3. The van der Waals surface area contributed by atoms with E-state index in [-0.39, 0.29) is 0 Å². The second-order valence-corrected chi connectivity index (χ2v) is 5.90. The molecule has 0 aliphatic heterocycles. The number of ether oxygens (including phenoxy) is 1. The molecule has 0 atom stereocenters. The van der Waals surface area contributed by atoms with Gasteiger partial charge in [-0.15, -0.1) is 5.10 Å². The summed E-state index contributed by atoms with van der Waals surface area (Å²) >= 11 is 3.55. The molecular formula is C17H13BrN4O. The van der Waals surface area contributed by atoms with Crippen LogP contribution in [0.3, 0.4) is 0 Å². The van der Waals surface area contributed by atoms with E-state index >= 15 is 0 Å².